The number of nitrogens with one attached hydrogen (secondary N) is 1. The number of carbonyl (C=O) groups is 1. The molecule has 4 rings (SSSR count). The van der Waals surface area contributed by atoms with Crippen molar-refractivity contribution < 1.29 is 18.7 Å². The molecular weight excluding hydrogens is 507 g/mol. The van der Waals surface area contributed by atoms with E-state index in [1.165, 1.54) is 12.1 Å². The molecule has 214 valence electrons. The Morgan fingerprint density at radius 1 is 0.925 bits per heavy atom. The predicted octanol–water partition coefficient (Wildman–Crippen LogP) is 4.94. The molecule has 0 saturated carbocycles. The van der Waals surface area contributed by atoms with Gasteiger partial charge in [0.15, 0.2) is 0 Å². The van der Waals surface area contributed by atoms with Crippen LogP contribution >= 0.6 is 0 Å². The molecule has 3 aromatic rings. The Hall–Kier alpha value is -3.49. The summed E-state index contributed by atoms with van der Waals surface area (Å²) in [6, 6.07) is 16.2. The third kappa shape index (κ3) is 9.61. The number of likely N-dealkylation sites (N-methyl/N-ethyl adjacent to an activating group) is 1. The topological polar surface area (TPSA) is 66.9 Å². The summed E-state index contributed by atoms with van der Waals surface area (Å²) in [6.07, 6.45) is 5.07. The molecule has 0 bridgehead atoms. The first-order chi connectivity index (χ1) is 19.5. The zero-order valence-electron chi connectivity index (χ0n) is 23.7. The Bertz CT molecular complexity index is 1200. The molecular formula is C32H41FN4O3. The molecule has 0 radical (unpaired) electrons. The van der Waals surface area contributed by atoms with E-state index in [0.717, 1.165) is 68.9 Å². The number of ether oxygens (including phenoxy) is 2. The van der Waals surface area contributed by atoms with Gasteiger partial charge in [-0.05, 0) is 81.2 Å². The van der Waals surface area contributed by atoms with Crippen LogP contribution in [0.25, 0.3) is 11.1 Å². The monoisotopic (exact) mass is 548 g/mol. The number of aromatic nitrogens is 1. The Kier molecular flexibility index (Phi) is 11.3. The van der Waals surface area contributed by atoms with Gasteiger partial charge in [-0.3, -0.25) is 9.78 Å². The van der Waals surface area contributed by atoms with Gasteiger partial charge in [0.2, 0.25) is 5.91 Å². The number of rotatable bonds is 14. The van der Waals surface area contributed by atoms with Gasteiger partial charge in [-0.1, -0.05) is 18.2 Å². The molecule has 0 spiro atoms. The molecule has 1 aromatic heterocycles. The van der Waals surface area contributed by atoms with Crippen LogP contribution in [-0.2, 0) is 17.8 Å². The number of hydrogen-bond acceptors (Lipinski definition) is 6. The van der Waals surface area contributed by atoms with Gasteiger partial charge in [0.05, 0.1) is 19.6 Å². The Morgan fingerprint density at radius 2 is 1.70 bits per heavy atom. The van der Waals surface area contributed by atoms with Crippen molar-refractivity contribution in [3.05, 3.63) is 77.9 Å². The van der Waals surface area contributed by atoms with Crippen molar-refractivity contribution >= 4 is 5.91 Å². The smallest absolute Gasteiger partial charge is 0.226 e. The van der Waals surface area contributed by atoms with Gasteiger partial charge < -0.3 is 24.6 Å². The predicted molar refractivity (Wildman–Crippen MR) is 156 cm³/mol. The lowest BCUT2D eigenvalue weighted by Gasteiger charge is -2.32. The van der Waals surface area contributed by atoms with Crippen LogP contribution in [0.3, 0.4) is 0 Å². The van der Waals surface area contributed by atoms with E-state index >= 15 is 0 Å². The van der Waals surface area contributed by atoms with E-state index in [1.807, 2.05) is 43.3 Å². The van der Waals surface area contributed by atoms with Crippen molar-refractivity contribution in [1.82, 2.24) is 20.1 Å². The normalized spacial score (nSPS) is 14.2. The lowest BCUT2D eigenvalue weighted by molar-refractivity contribution is -0.120. The van der Waals surface area contributed by atoms with Crippen LogP contribution in [0.4, 0.5) is 4.39 Å². The summed E-state index contributed by atoms with van der Waals surface area (Å²) >= 11 is 0. The van der Waals surface area contributed by atoms with E-state index in [9.17, 15) is 9.18 Å². The Morgan fingerprint density at radius 3 is 2.42 bits per heavy atom. The van der Waals surface area contributed by atoms with Crippen molar-refractivity contribution in [2.45, 2.75) is 39.2 Å². The molecule has 40 heavy (non-hydrogen) atoms. The molecule has 1 aliphatic heterocycles. The van der Waals surface area contributed by atoms with Gasteiger partial charge in [0.25, 0.3) is 0 Å². The van der Waals surface area contributed by atoms with Crippen molar-refractivity contribution in [2.75, 3.05) is 53.0 Å². The minimum Gasteiger partial charge on any atom is -0.494 e. The molecule has 1 N–H and O–H groups in total. The number of unbranched alkanes of at least 4 members (excludes halogenated alkanes) is 2. The van der Waals surface area contributed by atoms with E-state index in [1.54, 1.807) is 12.3 Å². The summed E-state index contributed by atoms with van der Waals surface area (Å²) in [4.78, 5) is 21.8. The van der Waals surface area contributed by atoms with E-state index in [2.05, 4.69) is 27.1 Å². The molecule has 1 fully saturated rings. The third-order valence-electron chi connectivity index (χ3n) is 7.07. The van der Waals surface area contributed by atoms with Crippen LogP contribution in [0, 0.1) is 5.82 Å². The number of nitrogens with zero attached hydrogens (tertiary/aromatic N) is 3. The number of pyridine rings is 1. The first kappa shape index (κ1) is 29.5. The van der Waals surface area contributed by atoms with Crippen LogP contribution in [0.15, 0.2) is 60.8 Å². The van der Waals surface area contributed by atoms with E-state index in [-0.39, 0.29) is 24.7 Å². The van der Waals surface area contributed by atoms with Gasteiger partial charge in [0.1, 0.15) is 17.3 Å². The SMILES string of the molecule is CCOc1ccc(-c2ccc(CC(=O)NCc3cc(F)cc(OCCCCCN4CCN(C)CC4)c3)nc2)cc1. The number of hydrogen-bond donors (Lipinski definition) is 1. The van der Waals surface area contributed by atoms with Crippen molar-refractivity contribution in [1.29, 1.82) is 0 Å². The standard InChI is InChI=1S/C32H41FN4O3/c1-3-39-30-11-8-26(9-12-30)27-7-10-29(34-24-27)22-32(38)35-23-25-19-28(33)21-31(20-25)40-18-6-4-5-13-37-16-14-36(2)15-17-37/h7-12,19-21,24H,3-6,13-18,22-23H2,1-2H3,(H,35,38). The minimum absolute atomic E-state index is 0.149. The summed E-state index contributed by atoms with van der Waals surface area (Å²) in [5, 5.41) is 2.86. The number of amides is 1. The maximum absolute atomic E-state index is 14.2. The molecule has 1 amide bonds. The van der Waals surface area contributed by atoms with Crippen LogP contribution in [-0.4, -0.2) is 73.7 Å². The minimum atomic E-state index is -0.372. The maximum atomic E-state index is 14.2. The number of benzene rings is 2. The van der Waals surface area contributed by atoms with Gasteiger partial charge in [-0.25, -0.2) is 4.39 Å². The number of halogens is 1. The molecule has 8 heteroatoms. The highest BCUT2D eigenvalue weighted by Crippen LogP contribution is 2.22. The molecule has 0 aliphatic carbocycles. The fourth-order valence-corrected chi connectivity index (χ4v) is 4.72. The Balaban J connectivity index is 1.16. The number of carbonyl (C=O) groups excluding carboxylic acids is 1. The second-order valence-electron chi connectivity index (χ2n) is 10.3. The largest absolute Gasteiger partial charge is 0.494 e. The zero-order valence-corrected chi connectivity index (χ0v) is 23.7. The third-order valence-corrected chi connectivity index (χ3v) is 7.07. The maximum Gasteiger partial charge on any atom is 0.226 e. The van der Waals surface area contributed by atoms with Crippen LogP contribution < -0.4 is 14.8 Å². The highest BCUT2D eigenvalue weighted by molar-refractivity contribution is 5.78. The van der Waals surface area contributed by atoms with E-state index < -0.39 is 0 Å². The first-order valence-corrected chi connectivity index (χ1v) is 14.3. The first-order valence-electron chi connectivity index (χ1n) is 14.3. The number of piperazine rings is 1. The summed E-state index contributed by atoms with van der Waals surface area (Å²) in [5.74, 6) is 0.781. The lowest BCUT2D eigenvalue weighted by atomic mass is 10.1. The second-order valence-corrected chi connectivity index (χ2v) is 10.3. The van der Waals surface area contributed by atoms with Crippen LogP contribution in [0.1, 0.15) is 37.4 Å². The quantitative estimate of drug-likeness (QED) is 0.288. The van der Waals surface area contributed by atoms with Gasteiger partial charge in [0, 0.05) is 56.2 Å². The average molecular weight is 549 g/mol. The molecule has 2 aromatic carbocycles. The highest BCUT2D eigenvalue weighted by Gasteiger charge is 2.13. The summed E-state index contributed by atoms with van der Waals surface area (Å²) in [5.41, 5.74) is 3.33. The lowest BCUT2D eigenvalue weighted by Crippen LogP contribution is -2.44. The fraction of sp³-hybridized carbons (Fsp3) is 0.438. The molecule has 1 saturated heterocycles. The van der Waals surface area contributed by atoms with Gasteiger partial charge in [-0.15, -0.1) is 0 Å². The molecule has 0 unspecified atom stereocenters. The van der Waals surface area contributed by atoms with Crippen LogP contribution in [0.2, 0.25) is 0 Å². The van der Waals surface area contributed by atoms with Crippen molar-refractivity contribution in [3.63, 3.8) is 0 Å². The summed E-state index contributed by atoms with van der Waals surface area (Å²) in [7, 11) is 2.17. The Labute approximate surface area is 237 Å². The molecule has 7 nitrogen and oxygen atoms in total. The highest BCUT2D eigenvalue weighted by atomic mass is 19.1. The molecule has 1 aliphatic rings. The molecule has 2 heterocycles. The van der Waals surface area contributed by atoms with Gasteiger partial charge in [-0.2, -0.15) is 0 Å². The van der Waals surface area contributed by atoms with E-state index in [4.69, 9.17) is 9.47 Å². The summed E-state index contributed by atoms with van der Waals surface area (Å²) < 4.78 is 25.5. The van der Waals surface area contributed by atoms with E-state index in [0.29, 0.717) is 30.2 Å². The average Bonchev–Trinajstić information content (AvgIpc) is 2.96. The fourth-order valence-electron chi connectivity index (χ4n) is 4.72. The zero-order chi connectivity index (χ0) is 28.2. The van der Waals surface area contributed by atoms with Crippen LogP contribution in [0.5, 0.6) is 11.5 Å². The van der Waals surface area contributed by atoms with Crippen molar-refractivity contribution in [3.8, 4) is 22.6 Å². The second kappa shape index (κ2) is 15.3. The summed E-state index contributed by atoms with van der Waals surface area (Å²) in [6.45, 7) is 9.05. The van der Waals surface area contributed by atoms with Gasteiger partial charge >= 0.3 is 0 Å². The molecule has 0 atom stereocenters. The van der Waals surface area contributed by atoms with Crippen molar-refractivity contribution in [2.24, 2.45) is 0 Å².